The van der Waals surface area contributed by atoms with Crippen molar-refractivity contribution in [2.75, 3.05) is 22.9 Å². The second-order valence-corrected chi connectivity index (χ2v) is 23.1. The predicted octanol–water partition coefficient (Wildman–Crippen LogP) is 19.9. The Kier molecular flexibility index (Phi) is 22.4. The molecule has 0 fully saturated rings. The molecule has 2 unspecified atom stereocenters. The fraction of sp³-hybridized carbons (Fsp3) is 0.500. The van der Waals surface area contributed by atoms with Crippen LogP contribution in [0.15, 0.2) is 103 Å². The zero-order chi connectivity index (χ0) is 52.2. The Hall–Kier alpha value is -5.05. The molecule has 2 aliphatic rings. The van der Waals surface area contributed by atoms with Crippen molar-refractivity contribution in [1.82, 2.24) is 0 Å². The van der Waals surface area contributed by atoms with Crippen LogP contribution in [-0.4, -0.2) is 30.9 Å². The highest BCUT2D eigenvalue weighted by atomic mass is 32.1. The van der Waals surface area contributed by atoms with Crippen LogP contribution in [0.3, 0.4) is 0 Å². The molecule has 396 valence electrons. The Morgan fingerprint density at radius 2 is 1.15 bits per heavy atom. The van der Waals surface area contributed by atoms with Crippen LogP contribution < -0.4 is 9.80 Å². The van der Waals surface area contributed by atoms with Crippen LogP contribution in [-0.2, 0) is 14.3 Å². The summed E-state index contributed by atoms with van der Waals surface area (Å²) in [6, 6.07) is 20.9. The molecular formula is C66H86N2O4S2. The highest BCUT2D eigenvalue weighted by Crippen LogP contribution is 2.50. The number of hydrogen-bond donors (Lipinski definition) is 0. The monoisotopic (exact) mass is 1030 g/mol. The first-order valence-electron chi connectivity index (χ1n) is 29.0. The summed E-state index contributed by atoms with van der Waals surface area (Å²) in [6.07, 6.45) is 36.0. The van der Waals surface area contributed by atoms with E-state index in [1.165, 1.54) is 122 Å². The zero-order valence-corrected chi connectivity index (χ0v) is 47.4. The number of hydrogen-bond acceptors (Lipinski definition) is 6. The summed E-state index contributed by atoms with van der Waals surface area (Å²) >= 11 is 3.36. The highest BCUT2D eigenvalue weighted by molar-refractivity contribution is 7.28. The van der Waals surface area contributed by atoms with Gasteiger partial charge in [-0.25, -0.2) is 4.79 Å². The molecule has 0 N–H and O–H groups in total. The van der Waals surface area contributed by atoms with Crippen LogP contribution in [0.25, 0.3) is 41.8 Å². The molecule has 0 spiro atoms. The Balaban J connectivity index is 1.28. The van der Waals surface area contributed by atoms with E-state index in [0.29, 0.717) is 47.4 Å². The number of rotatable bonds is 33. The van der Waals surface area contributed by atoms with Gasteiger partial charge in [0.15, 0.2) is 0 Å². The van der Waals surface area contributed by atoms with Crippen molar-refractivity contribution < 1.29 is 19.1 Å². The molecule has 0 aliphatic carbocycles. The van der Waals surface area contributed by atoms with E-state index in [0.717, 1.165) is 85.2 Å². The molecule has 0 saturated heterocycles. The minimum absolute atomic E-state index is 0.0341. The second kappa shape index (κ2) is 29.3. The van der Waals surface area contributed by atoms with Crippen molar-refractivity contribution in [1.29, 1.82) is 0 Å². The van der Waals surface area contributed by atoms with E-state index in [1.54, 1.807) is 47.0 Å². The average Bonchev–Trinajstić information content (AvgIpc) is 4.21. The fourth-order valence-electron chi connectivity index (χ4n) is 11.4. The lowest BCUT2D eigenvalue weighted by molar-refractivity contribution is -0.114. The number of esters is 1. The third-order valence-corrected chi connectivity index (χ3v) is 17.8. The van der Waals surface area contributed by atoms with Gasteiger partial charge in [-0.05, 0) is 103 Å². The third kappa shape index (κ3) is 14.2. The van der Waals surface area contributed by atoms with E-state index in [4.69, 9.17) is 4.74 Å². The van der Waals surface area contributed by atoms with Crippen LogP contribution in [0, 0.1) is 11.8 Å². The number of carbonyl (C=O) groups excluding carboxylic acids is 3. The lowest BCUT2D eigenvalue weighted by Gasteiger charge is -2.25. The molecule has 74 heavy (non-hydrogen) atoms. The molecule has 6 nitrogen and oxygen atoms in total. The largest absolute Gasteiger partial charge is 0.423 e. The van der Waals surface area contributed by atoms with E-state index in [2.05, 4.69) is 75.6 Å². The Bertz CT molecular complexity index is 2750. The van der Waals surface area contributed by atoms with Gasteiger partial charge < -0.3 is 14.5 Å². The number of thiophene rings is 2. The molecule has 4 heterocycles. The lowest BCUT2D eigenvalue weighted by Crippen LogP contribution is -2.34. The van der Waals surface area contributed by atoms with Gasteiger partial charge in [0.1, 0.15) is 5.76 Å². The SMILES string of the molecule is C=C/C=C\C(=C/C)OC(=O)c1cc2cc(-c3ccc4c(c3)N(CC(CCCCCC)CCCCCCCC)C(=O)/C4=C3/C(=O)N(CC(CCCCCC)CCCCCCCC)c4ccccc43)sc2c2sccc12. The summed E-state index contributed by atoms with van der Waals surface area (Å²) in [5, 5.41) is 3.90. The number of anilines is 2. The first-order valence-corrected chi connectivity index (χ1v) is 30.7. The minimum atomic E-state index is -0.399. The smallest absolute Gasteiger partial charge is 0.344 e. The summed E-state index contributed by atoms with van der Waals surface area (Å²) in [4.78, 5) is 50.0. The van der Waals surface area contributed by atoms with Gasteiger partial charge in [-0.15, -0.1) is 22.7 Å². The molecule has 2 aliphatic heterocycles. The van der Waals surface area contributed by atoms with Crippen molar-refractivity contribution in [3.8, 4) is 10.4 Å². The van der Waals surface area contributed by atoms with Gasteiger partial charge in [0.05, 0.1) is 37.5 Å². The maximum Gasteiger partial charge on any atom is 0.344 e. The Morgan fingerprint density at radius 1 is 0.622 bits per heavy atom. The van der Waals surface area contributed by atoms with Crippen LogP contribution in [0.2, 0.25) is 0 Å². The van der Waals surface area contributed by atoms with Crippen molar-refractivity contribution in [3.63, 3.8) is 0 Å². The molecule has 2 atom stereocenters. The average molecular weight is 1040 g/mol. The van der Waals surface area contributed by atoms with Crippen LogP contribution in [0.1, 0.15) is 210 Å². The van der Waals surface area contributed by atoms with Crippen LogP contribution in [0.5, 0.6) is 0 Å². The molecule has 5 aromatic rings. The molecule has 8 heteroatoms. The first-order chi connectivity index (χ1) is 36.3. The van der Waals surface area contributed by atoms with E-state index in [9.17, 15) is 4.79 Å². The molecule has 0 radical (unpaired) electrons. The number of benzene rings is 3. The van der Waals surface area contributed by atoms with Gasteiger partial charge in [0, 0.05) is 34.5 Å². The second-order valence-electron chi connectivity index (χ2n) is 21.2. The lowest BCUT2D eigenvalue weighted by atomic mass is 9.93. The Labute approximate surface area is 453 Å². The summed E-state index contributed by atoms with van der Waals surface area (Å²) in [7, 11) is 0. The summed E-state index contributed by atoms with van der Waals surface area (Å²) in [6.45, 7) is 16.0. The van der Waals surface area contributed by atoms with Gasteiger partial charge >= 0.3 is 5.97 Å². The fourth-order valence-corrected chi connectivity index (χ4v) is 13.6. The number of unbranched alkanes of at least 4 members (excludes halogenated alkanes) is 16. The maximum absolute atomic E-state index is 15.7. The highest BCUT2D eigenvalue weighted by Gasteiger charge is 2.43. The number of carbonyl (C=O) groups is 3. The molecule has 2 amide bonds. The molecule has 0 bridgehead atoms. The molecular weight excluding hydrogens is 949 g/mol. The van der Waals surface area contributed by atoms with Gasteiger partial charge in [-0.3, -0.25) is 9.59 Å². The molecule has 2 aromatic heterocycles. The quantitative estimate of drug-likeness (QED) is 0.0138. The first kappa shape index (κ1) is 56.7. The van der Waals surface area contributed by atoms with Gasteiger partial charge in [0.2, 0.25) is 0 Å². The van der Waals surface area contributed by atoms with E-state index >= 15 is 9.59 Å². The summed E-state index contributed by atoms with van der Waals surface area (Å²) < 4.78 is 8.05. The standard InChI is InChI=1S/C66H86N2O4S2/c1-7-13-18-22-24-28-34-48(32-26-20-15-9-3)46-67-57-38-31-30-37-54(57)60(64(67)69)61-55-40-39-50(44-58(55)68(65(61)70)47-49(33-27-21-16-10-4)35-29-25-23-19-14-8-2)59-45-51-43-56(53-41-42-73-63(53)62(51)74-59)66(71)72-52(12-6)36-17-11-5/h11-12,17,30-31,36-45,48-49H,5,7-10,13-16,18-29,32-35,46-47H2,1-4,6H3/b36-17-,52-12+,61-60+. The van der Waals surface area contributed by atoms with Crippen molar-refractivity contribution in [2.45, 2.75) is 189 Å². The third-order valence-electron chi connectivity index (χ3n) is 15.6. The summed E-state index contributed by atoms with van der Waals surface area (Å²) in [5.41, 5.74) is 6.22. The van der Waals surface area contributed by atoms with Crippen molar-refractivity contribution in [2.24, 2.45) is 11.8 Å². The minimum Gasteiger partial charge on any atom is -0.423 e. The number of nitrogens with zero attached hydrogens (tertiary/aromatic N) is 2. The van der Waals surface area contributed by atoms with Gasteiger partial charge in [0.25, 0.3) is 11.8 Å². The zero-order valence-electron chi connectivity index (χ0n) is 45.8. The maximum atomic E-state index is 15.7. The molecule has 7 rings (SSSR count). The molecule has 0 saturated carbocycles. The number of amides is 2. The van der Waals surface area contributed by atoms with Crippen molar-refractivity contribution in [3.05, 3.63) is 119 Å². The number of allylic oxidation sites excluding steroid dienone is 4. The topological polar surface area (TPSA) is 66.9 Å². The van der Waals surface area contributed by atoms with E-state index in [-0.39, 0.29) is 11.8 Å². The van der Waals surface area contributed by atoms with Crippen LogP contribution in [0.4, 0.5) is 11.4 Å². The number of ether oxygens (including phenoxy) is 1. The number of fused-ring (bicyclic) bond motifs is 5. The summed E-state index contributed by atoms with van der Waals surface area (Å²) in [5.74, 6) is 0.741. The predicted molar refractivity (Wildman–Crippen MR) is 320 cm³/mol. The van der Waals surface area contributed by atoms with Crippen LogP contribution >= 0.6 is 22.7 Å². The number of para-hydroxylation sites is 1. The van der Waals surface area contributed by atoms with Gasteiger partial charge in [-0.1, -0.05) is 205 Å². The van der Waals surface area contributed by atoms with E-state index < -0.39 is 5.97 Å². The van der Waals surface area contributed by atoms with Crippen molar-refractivity contribution >= 4 is 83.2 Å². The molecule has 3 aromatic carbocycles. The van der Waals surface area contributed by atoms with Gasteiger partial charge in [-0.2, -0.15) is 0 Å². The Morgan fingerprint density at radius 3 is 1.72 bits per heavy atom. The normalized spacial score (nSPS) is 15.6. The van der Waals surface area contributed by atoms with E-state index in [1.807, 2.05) is 41.5 Å².